The molecule has 0 radical (unpaired) electrons. The second-order valence-electron chi connectivity index (χ2n) is 3.88. The Labute approximate surface area is 113 Å². The maximum absolute atomic E-state index is 13.0. The maximum Gasteiger partial charge on any atom is 0.247 e. The molecule has 0 aliphatic rings. The zero-order chi connectivity index (χ0) is 13.2. The first-order valence-corrected chi connectivity index (χ1v) is 5.92. The van der Waals surface area contributed by atoms with Crippen molar-refractivity contribution in [3.8, 4) is 0 Å². The molecule has 4 nitrogen and oxygen atoms in total. The predicted molar refractivity (Wildman–Crippen MR) is 72.0 cm³/mol. The summed E-state index contributed by atoms with van der Waals surface area (Å²) in [7, 11) is 0. The summed E-state index contributed by atoms with van der Waals surface area (Å²) < 4.78 is 13.0. The fourth-order valence-electron chi connectivity index (χ4n) is 1.64. The molecule has 3 rings (SSSR count). The monoisotopic (exact) mass is 274 g/mol. The Kier molecular flexibility index (Phi) is 2.97. The van der Waals surface area contributed by atoms with E-state index in [4.69, 9.17) is 11.6 Å². The zero-order valence-corrected chi connectivity index (χ0v) is 10.4. The van der Waals surface area contributed by atoms with Crippen LogP contribution in [0.5, 0.6) is 0 Å². The number of nitrogens with zero attached hydrogens (tertiary/aromatic N) is 3. The Balaban J connectivity index is 1.94. The van der Waals surface area contributed by atoms with Crippen LogP contribution in [0.4, 0.5) is 16.0 Å². The van der Waals surface area contributed by atoms with E-state index in [9.17, 15) is 4.39 Å². The largest absolute Gasteiger partial charge is 0.323 e. The molecular formula is C13H8ClFN4. The summed E-state index contributed by atoms with van der Waals surface area (Å²) in [6.45, 7) is 0. The van der Waals surface area contributed by atoms with Crippen molar-refractivity contribution in [2.75, 3.05) is 5.32 Å². The second-order valence-corrected chi connectivity index (χ2v) is 4.29. The Morgan fingerprint density at radius 3 is 2.58 bits per heavy atom. The number of halogens is 2. The minimum Gasteiger partial charge on any atom is -0.323 e. The molecule has 0 fully saturated rings. The van der Waals surface area contributed by atoms with Crippen LogP contribution < -0.4 is 5.32 Å². The van der Waals surface area contributed by atoms with E-state index in [1.54, 1.807) is 6.07 Å². The summed E-state index contributed by atoms with van der Waals surface area (Å²) in [5.41, 5.74) is 2.04. The van der Waals surface area contributed by atoms with Crippen LogP contribution in [-0.4, -0.2) is 15.2 Å². The quantitative estimate of drug-likeness (QED) is 0.776. The fraction of sp³-hybridized carbons (Fsp3) is 0. The number of hydrogen-bond donors (Lipinski definition) is 1. The lowest BCUT2D eigenvalue weighted by Crippen LogP contribution is -1.99. The zero-order valence-electron chi connectivity index (χ0n) is 9.64. The smallest absolute Gasteiger partial charge is 0.247 e. The molecule has 0 amide bonds. The third kappa shape index (κ3) is 2.46. The van der Waals surface area contributed by atoms with Gasteiger partial charge in [-0.05, 0) is 30.3 Å². The highest BCUT2D eigenvalue weighted by Crippen LogP contribution is 2.21. The van der Waals surface area contributed by atoms with Gasteiger partial charge in [-0.2, -0.15) is 0 Å². The van der Waals surface area contributed by atoms with Gasteiger partial charge in [-0.3, -0.25) is 0 Å². The van der Waals surface area contributed by atoms with Gasteiger partial charge in [0, 0.05) is 5.69 Å². The lowest BCUT2D eigenvalue weighted by Gasteiger charge is -2.05. The molecule has 0 aliphatic heterocycles. The number of fused-ring (bicyclic) bond motifs is 1. The normalized spacial score (nSPS) is 10.6. The van der Waals surface area contributed by atoms with E-state index in [0.717, 1.165) is 5.52 Å². The summed E-state index contributed by atoms with van der Waals surface area (Å²) in [4.78, 5) is 4.30. The number of aromatic nitrogens is 3. The van der Waals surface area contributed by atoms with Gasteiger partial charge in [0.25, 0.3) is 0 Å². The lowest BCUT2D eigenvalue weighted by atomic mass is 10.3. The van der Waals surface area contributed by atoms with Crippen molar-refractivity contribution < 1.29 is 4.39 Å². The molecule has 0 saturated heterocycles. The van der Waals surface area contributed by atoms with Crippen molar-refractivity contribution in [1.29, 1.82) is 0 Å². The van der Waals surface area contributed by atoms with Crippen molar-refractivity contribution in [3.05, 3.63) is 53.3 Å². The minimum absolute atomic E-state index is 0.0405. The molecule has 2 aromatic carbocycles. The average molecular weight is 275 g/mol. The molecule has 19 heavy (non-hydrogen) atoms. The molecular weight excluding hydrogens is 267 g/mol. The number of anilines is 2. The van der Waals surface area contributed by atoms with Crippen LogP contribution in [0.25, 0.3) is 11.0 Å². The van der Waals surface area contributed by atoms with Gasteiger partial charge in [0.15, 0.2) is 0 Å². The van der Waals surface area contributed by atoms with Gasteiger partial charge in [-0.25, -0.2) is 9.37 Å². The van der Waals surface area contributed by atoms with Crippen molar-refractivity contribution in [2.24, 2.45) is 0 Å². The number of hydrogen-bond acceptors (Lipinski definition) is 4. The summed E-state index contributed by atoms with van der Waals surface area (Å²) >= 11 is 5.70. The number of para-hydroxylation sites is 1. The van der Waals surface area contributed by atoms with Gasteiger partial charge in [0.1, 0.15) is 11.3 Å². The first-order chi connectivity index (χ1) is 9.22. The van der Waals surface area contributed by atoms with Crippen molar-refractivity contribution >= 4 is 34.3 Å². The van der Waals surface area contributed by atoms with Gasteiger partial charge in [0.05, 0.1) is 10.5 Å². The first-order valence-electron chi connectivity index (χ1n) is 5.54. The van der Waals surface area contributed by atoms with E-state index in [1.165, 1.54) is 12.1 Å². The Morgan fingerprint density at radius 1 is 1.00 bits per heavy atom. The molecule has 0 aliphatic carbocycles. The van der Waals surface area contributed by atoms with E-state index in [0.29, 0.717) is 17.2 Å². The van der Waals surface area contributed by atoms with Crippen LogP contribution in [0.3, 0.4) is 0 Å². The van der Waals surface area contributed by atoms with E-state index in [-0.39, 0.29) is 5.02 Å². The third-order valence-corrected chi connectivity index (χ3v) is 2.83. The van der Waals surface area contributed by atoms with Gasteiger partial charge in [0.2, 0.25) is 5.95 Å². The number of nitrogens with one attached hydrogen (secondary N) is 1. The Hall–Kier alpha value is -2.27. The minimum atomic E-state index is -0.468. The molecule has 3 aromatic rings. The third-order valence-electron chi connectivity index (χ3n) is 2.54. The van der Waals surface area contributed by atoms with Gasteiger partial charge in [-0.15, -0.1) is 10.2 Å². The van der Waals surface area contributed by atoms with E-state index in [1.807, 2.05) is 24.3 Å². The van der Waals surface area contributed by atoms with Gasteiger partial charge in [-0.1, -0.05) is 23.7 Å². The van der Waals surface area contributed by atoms with Crippen LogP contribution in [0, 0.1) is 5.82 Å². The molecule has 0 saturated carbocycles. The highest BCUT2D eigenvalue weighted by molar-refractivity contribution is 6.31. The molecule has 1 aromatic heterocycles. The van der Waals surface area contributed by atoms with Crippen molar-refractivity contribution in [3.63, 3.8) is 0 Å². The van der Waals surface area contributed by atoms with E-state index < -0.39 is 5.82 Å². The fourth-order valence-corrected chi connectivity index (χ4v) is 1.82. The molecule has 6 heteroatoms. The van der Waals surface area contributed by atoms with Crippen molar-refractivity contribution in [1.82, 2.24) is 15.2 Å². The standard InChI is InChI=1S/C13H8ClFN4/c14-9-7-8(5-6-10(9)15)16-13-17-11-3-1-2-4-12(11)18-19-13/h1-7H,(H,16,17,19). The molecule has 1 N–H and O–H groups in total. The first kappa shape index (κ1) is 11.8. The average Bonchev–Trinajstić information content (AvgIpc) is 2.43. The predicted octanol–water partition coefficient (Wildman–Crippen LogP) is 3.56. The van der Waals surface area contributed by atoms with Gasteiger partial charge >= 0.3 is 0 Å². The SMILES string of the molecule is Fc1ccc(Nc2nnc3ccccc3n2)cc1Cl. The van der Waals surface area contributed by atoms with Crippen LogP contribution >= 0.6 is 11.6 Å². The van der Waals surface area contributed by atoms with E-state index >= 15 is 0 Å². The highest BCUT2D eigenvalue weighted by Gasteiger charge is 2.04. The molecule has 94 valence electrons. The summed E-state index contributed by atoms with van der Waals surface area (Å²) in [5.74, 6) is -0.133. The number of rotatable bonds is 2. The van der Waals surface area contributed by atoms with Crippen LogP contribution in [0.2, 0.25) is 5.02 Å². The van der Waals surface area contributed by atoms with Crippen molar-refractivity contribution in [2.45, 2.75) is 0 Å². The number of benzene rings is 2. The highest BCUT2D eigenvalue weighted by atomic mass is 35.5. The summed E-state index contributed by atoms with van der Waals surface area (Å²) in [6.07, 6.45) is 0. The van der Waals surface area contributed by atoms with E-state index in [2.05, 4.69) is 20.5 Å². The maximum atomic E-state index is 13.0. The molecule has 0 bridgehead atoms. The molecule has 0 unspecified atom stereocenters. The molecule has 0 spiro atoms. The topological polar surface area (TPSA) is 50.7 Å². The Bertz CT molecular complexity index is 748. The molecule has 0 atom stereocenters. The van der Waals surface area contributed by atoms with Crippen LogP contribution in [-0.2, 0) is 0 Å². The molecule has 1 heterocycles. The van der Waals surface area contributed by atoms with Crippen LogP contribution in [0.15, 0.2) is 42.5 Å². The summed E-state index contributed by atoms with van der Waals surface area (Å²) in [5, 5.41) is 10.9. The lowest BCUT2D eigenvalue weighted by molar-refractivity contribution is 0.628. The van der Waals surface area contributed by atoms with Gasteiger partial charge < -0.3 is 5.32 Å². The summed E-state index contributed by atoms with van der Waals surface area (Å²) in [6, 6.07) is 11.7. The van der Waals surface area contributed by atoms with Crippen LogP contribution in [0.1, 0.15) is 0 Å². The Morgan fingerprint density at radius 2 is 1.79 bits per heavy atom. The second kappa shape index (κ2) is 4.78.